The van der Waals surface area contributed by atoms with Gasteiger partial charge < -0.3 is 9.64 Å². The van der Waals surface area contributed by atoms with Gasteiger partial charge in [-0.1, -0.05) is 18.2 Å². The number of carbonyl (C=O) groups is 1. The Labute approximate surface area is 168 Å². The molecule has 156 valence electrons. The van der Waals surface area contributed by atoms with E-state index in [1.54, 1.807) is 28.6 Å². The Hall–Kier alpha value is -1.44. The first-order valence-corrected chi connectivity index (χ1v) is 11.8. The van der Waals surface area contributed by atoms with E-state index < -0.39 is 15.6 Å². The van der Waals surface area contributed by atoms with Crippen molar-refractivity contribution < 1.29 is 17.9 Å². The smallest absolute Gasteiger partial charge is 0.243 e. The second kappa shape index (κ2) is 8.93. The van der Waals surface area contributed by atoms with Crippen LogP contribution < -0.4 is 0 Å². The van der Waals surface area contributed by atoms with Gasteiger partial charge in [-0.3, -0.25) is 4.79 Å². The summed E-state index contributed by atoms with van der Waals surface area (Å²) in [6.45, 7) is 6.39. The molecule has 2 saturated heterocycles. The molecule has 7 heteroatoms. The minimum Gasteiger partial charge on any atom is -0.370 e. The second-order valence-corrected chi connectivity index (χ2v) is 9.76. The third-order valence-electron chi connectivity index (χ3n) is 6.02. The summed E-state index contributed by atoms with van der Waals surface area (Å²) in [6.07, 6.45) is 4.68. The highest BCUT2D eigenvalue weighted by molar-refractivity contribution is 7.89. The number of hydrogen-bond acceptors (Lipinski definition) is 4. The summed E-state index contributed by atoms with van der Waals surface area (Å²) in [5, 5.41) is 0. The van der Waals surface area contributed by atoms with Crippen molar-refractivity contribution in [2.45, 2.75) is 69.0 Å². The molecule has 1 aromatic rings. The van der Waals surface area contributed by atoms with Crippen molar-refractivity contribution in [2.75, 3.05) is 26.2 Å². The summed E-state index contributed by atoms with van der Waals surface area (Å²) in [5.74, 6) is 0.173. The van der Waals surface area contributed by atoms with Gasteiger partial charge in [-0.25, -0.2) is 8.42 Å². The van der Waals surface area contributed by atoms with Crippen LogP contribution in [0.2, 0.25) is 0 Å². The molecule has 0 bridgehead atoms. The van der Waals surface area contributed by atoms with Crippen molar-refractivity contribution in [3.63, 3.8) is 0 Å². The maximum Gasteiger partial charge on any atom is 0.243 e. The number of ether oxygens (including phenoxy) is 1. The van der Waals surface area contributed by atoms with E-state index in [1.807, 2.05) is 24.8 Å². The second-order valence-electron chi connectivity index (χ2n) is 7.82. The van der Waals surface area contributed by atoms with E-state index in [4.69, 9.17) is 4.74 Å². The molecule has 2 fully saturated rings. The Morgan fingerprint density at radius 1 is 1.21 bits per heavy atom. The van der Waals surface area contributed by atoms with Crippen LogP contribution in [0.15, 0.2) is 35.2 Å². The number of sulfonamides is 1. The van der Waals surface area contributed by atoms with Crippen LogP contribution in [-0.4, -0.2) is 61.4 Å². The van der Waals surface area contributed by atoms with Crippen molar-refractivity contribution in [1.29, 1.82) is 0 Å². The zero-order valence-corrected chi connectivity index (χ0v) is 17.8. The minimum absolute atomic E-state index is 0.0406. The van der Waals surface area contributed by atoms with Gasteiger partial charge in [0.15, 0.2) is 0 Å². The fourth-order valence-corrected chi connectivity index (χ4v) is 6.00. The number of piperidine rings is 1. The van der Waals surface area contributed by atoms with Crippen LogP contribution in [0.1, 0.15) is 52.4 Å². The highest BCUT2D eigenvalue weighted by Gasteiger charge is 2.45. The molecule has 1 spiro atoms. The first kappa shape index (κ1) is 21.3. The van der Waals surface area contributed by atoms with E-state index >= 15 is 0 Å². The van der Waals surface area contributed by atoms with E-state index in [9.17, 15) is 13.2 Å². The van der Waals surface area contributed by atoms with Crippen molar-refractivity contribution in [3.8, 4) is 0 Å². The predicted molar refractivity (Wildman–Crippen MR) is 108 cm³/mol. The number of rotatable bonds is 7. The standard InChI is InChI=1S/C21H32N2O4S/c1-3-22(4-2)20(24)12-11-18-13-15-21(27-18)14-8-16-23(17-21)28(25,26)19-9-6-5-7-10-19/h5-7,9-10,18H,3-4,8,11-17H2,1-2H3/t18-,21-/m0/s1. The SMILES string of the molecule is CCN(CC)C(=O)CC[C@H]1CC[C@]2(CCCN(S(=O)(=O)c3ccccc3)C2)O1. The first-order chi connectivity index (χ1) is 13.4. The first-order valence-electron chi connectivity index (χ1n) is 10.4. The molecule has 1 aromatic carbocycles. The molecule has 0 aromatic heterocycles. The molecule has 2 aliphatic heterocycles. The molecule has 6 nitrogen and oxygen atoms in total. The van der Waals surface area contributed by atoms with E-state index in [1.165, 1.54) is 0 Å². The quantitative estimate of drug-likeness (QED) is 0.695. The summed E-state index contributed by atoms with van der Waals surface area (Å²) < 4.78 is 33.9. The highest BCUT2D eigenvalue weighted by atomic mass is 32.2. The van der Waals surface area contributed by atoms with Crippen molar-refractivity contribution in [2.24, 2.45) is 0 Å². The number of carbonyl (C=O) groups excluding carboxylic acids is 1. The maximum atomic E-state index is 13.0. The minimum atomic E-state index is -3.49. The molecule has 0 saturated carbocycles. The summed E-state index contributed by atoms with van der Waals surface area (Å²) in [4.78, 5) is 14.4. The van der Waals surface area contributed by atoms with Gasteiger partial charge in [0, 0.05) is 32.6 Å². The van der Waals surface area contributed by atoms with E-state index in [0.717, 1.165) is 38.8 Å². The topological polar surface area (TPSA) is 66.9 Å². The highest BCUT2D eigenvalue weighted by Crippen LogP contribution is 2.40. The van der Waals surface area contributed by atoms with Gasteiger partial charge in [0.05, 0.1) is 16.6 Å². The normalized spacial score (nSPS) is 25.9. The lowest BCUT2D eigenvalue weighted by Crippen LogP contribution is -2.50. The molecule has 0 N–H and O–H groups in total. The molecule has 28 heavy (non-hydrogen) atoms. The third-order valence-corrected chi connectivity index (χ3v) is 7.88. The zero-order valence-electron chi connectivity index (χ0n) is 17.0. The van der Waals surface area contributed by atoms with Gasteiger partial charge in [0.1, 0.15) is 0 Å². The van der Waals surface area contributed by atoms with Crippen molar-refractivity contribution >= 4 is 15.9 Å². The summed E-state index contributed by atoms with van der Waals surface area (Å²) in [7, 11) is -3.49. The van der Waals surface area contributed by atoms with Crippen LogP contribution in [0.4, 0.5) is 0 Å². The molecule has 0 aliphatic carbocycles. The Morgan fingerprint density at radius 3 is 2.61 bits per heavy atom. The van der Waals surface area contributed by atoms with Crippen LogP contribution in [-0.2, 0) is 19.6 Å². The van der Waals surface area contributed by atoms with E-state index in [0.29, 0.717) is 30.8 Å². The van der Waals surface area contributed by atoms with Crippen molar-refractivity contribution in [1.82, 2.24) is 9.21 Å². The zero-order chi connectivity index (χ0) is 20.2. The van der Waals surface area contributed by atoms with Gasteiger partial charge in [0.25, 0.3) is 0 Å². The molecular weight excluding hydrogens is 376 g/mol. The number of hydrogen-bond donors (Lipinski definition) is 0. The molecule has 3 rings (SSSR count). The van der Waals surface area contributed by atoms with Crippen LogP contribution in [0.25, 0.3) is 0 Å². The van der Waals surface area contributed by atoms with Crippen molar-refractivity contribution in [3.05, 3.63) is 30.3 Å². The Morgan fingerprint density at radius 2 is 1.93 bits per heavy atom. The van der Waals surface area contributed by atoms with Crippen LogP contribution in [0.5, 0.6) is 0 Å². The van der Waals surface area contributed by atoms with Gasteiger partial charge >= 0.3 is 0 Å². The van der Waals surface area contributed by atoms with Gasteiger partial charge in [-0.05, 0) is 58.1 Å². The average Bonchev–Trinajstić information content (AvgIpc) is 3.10. The Balaban J connectivity index is 1.60. The monoisotopic (exact) mass is 408 g/mol. The van der Waals surface area contributed by atoms with Crippen LogP contribution in [0.3, 0.4) is 0 Å². The largest absolute Gasteiger partial charge is 0.370 e. The Bertz CT molecular complexity index is 764. The molecule has 1 amide bonds. The van der Waals surface area contributed by atoms with Gasteiger partial charge in [-0.2, -0.15) is 4.31 Å². The summed E-state index contributed by atoms with van der Waals surface area (Å²) in [5.41, 5.74) is -0.400. The molecule has 2 atom stereocenters. The molecule has 0 unspecified atom stereocenters. The number of benzene rings is 1. The molecule has 2 aliphatic rings. The van der Waals surface area contributed by atoms with E-state index in [2.05, 4.69) is 0 Å². The predicted octanol–water partition coefficient (Wildman–Crippen LogP) is 3.04. The average molecular weight is 409 g/mol. The van der Waals surface area contributed by atoms with Gasteiger partial charge in [0.2, 0.25) is 15.9 Å². The van der Waals surface area contributed by atoms with Gasteiger partial charge in [-0.15, -0.1) is 0 Å². The summed E-state index contributed by atoms with van der Waals surface area (Å²) >= 11 is 0. The lowest BCUT2D eigenvalue weighted by atomic mass is 9.91. The molecule has 2 heterocycles. The fourth-order valence-electron chi connectivity index (χ4n) is 4.42. The lowest BCUT2D eigenvalue weighted by Gasteiger charge is -2.39. The molecule has 0 radical (unpaired) electrons. The fraction of sp³-hybridized carbons (Fsp3) is 0.667. The third kappa shape index (κ3) is 4.58. The lowest BCUT2D eigenvalue weighted by molar-refractivity contribution is -0.132. The Kier molecular flexibility index (Phi) is 6.78. The number of amides is 1. The maximum absolute atomic E-state index is 13.0. The number of nitrogens with zero attached hydrogens (tertiary/aromatic N) is 2. The molecular formula is C21H32N2O4S. The summed E-state index contributed by atoms with van der Waals surface area (Å²) in [6, 6.07) is 8.62. The van der Waals surface area contributed by atoms with Crippen LogP contribution in [0, 0.1) is 0 Å². The van der Waals surface area contributed by atoms with E-state index in [-0.39, 0.29) is 12.0 Å². The van der Waals surface area contributed by atoms with Crippen LogP contribution >= 0.6 is 0 Å².